The molecule has 1 aromatic rings. The summed E-state index contributed by atoms with van der Waals surface area (Å²) in [5.74, 6) is 1.76. The first-order chi connectivity index (χ1) is 8.79. The Hall–Kier alpha value is -1.36. The van der Waals surface area contributed by atoms with E-state index in [9.17, 15) is 0 Å². The molecule has 3 rings (SSSR count). The van der Waals surface area contributed by atoms with E-state index in [1.165, 1.54) is 19.3 Å². The summed E-state index contributed by atoms with van der Waals surface area (Å²) in [5, 5.41) is 3.01. The van der Waals surface area contributed by atoms with Gasteiger partial charge in [-0.2, -0.15) is 4.98 Å². The van der Waals surface area contributed by atoms with Gasteiger partial charge in [-0.05, 0) is 26.2 Å². The molecule has 0 aromatic carbocycles. The van der Waals surface area contributed by atoms with Gasteiger partial charge < -0.3 is 15.0 Å². The fourth-order valence-electron chi connectivity index (χ4n) is 3.03. The smallest absolute Gasteiger partial charge is 0.224 e. The molecule has 0 bridgehead atoms. The molecule has 5 nitrogen and oxygen atoms in total. The van der Waals surface area contributed by atoms with Crippen LogP contribution < -0.4 is 10.2 Å². The number of morpholine rings is 1. The number of aryl methyl sites for hydroxylation is 1. The van der Waals surface area contributed by atoms with Gasteiger partial charge in [-0.25, -0.2) is 4.98 Å². The molecule has 1 saturated carbocycles. The van der Waals surface area contributed by atoms with E-state index in [1.54, 1.807) is 0 Å². The van der Waals surface area contributed by atoms with E-state index in [1.807, 2.05) is 13.2 Å². The molecule has 5 heteroatoms. The first kappa shape index (κ1) is 11.7. The lowest BCUT2D eigenvalue weighted by Gasteiger charge is -2.39. The van der Waals surface area contributed by atoms with Gasteiger partial charge in [-0.15, -0.1) is 0 Å². The Labute approximate surface area is 108 Å². The normalized spacial score (nSPS) is 27.1. The molecule has 1 N–H and O–H groups in total. The van der Waals surface area contributed by atoms with E-state index in [0.29, 0.717) is 18.1 Å². The molecule has 2 fully saturated rings. The zero-order valence-electron chi connectivity index (χ0n) is 11.0. The number of aromatic nitrogens is 2. The molecule has 1 aromatic heterocycles. The number of hydrogen-bond acceptors (Lipinski definition) is 5. The number of nitrogens with one attached hydrogen (secondary N) is 1. The molecule has 2 heterocycles. The van der Waals surface area contributed by atoms with Gasteiger partial charge in [0.25, 0.3) is 0 Å². The van der Waals surface area contributed by atoms with E-state index < -0.39 is 0 Å². The highest BCUT2D eigenvalue weighted by atomic mass is 16.5. The average Bonchev–Trinajstić information content (AvgIpc) is 2.87. The Balaban J connectivity index is 1.93. The summed E-state index contributed by atoms with van der Waals surface area (Å²) < 4.78 is 5.85. The second-order valence-corrected chi connectivity index (χ2v) is 5.05. The number of anilines is 2. The van der Waals surface area contributed by atoms with Crippen molar-refractivity contribution in [1.82, 2.24) is 9.97 Å². The number of ether oxygens (including phenoxy) is 1. The molecule has 98 valence electrons. The van der Waals surface area contributed by atoms with Crippen LogP contribution in [0.15, 0.2) is 6.20 Å². The molecule has 0 radical (unpaired) electrons. The van der Waals surface area contributed by atoms with Crippen molar-refractivity contribution in [3.8, 4) is 0 Å². The van der Waals surface area contributed by atoms with Crippen LogP contribution in [-0.4, -0.2) is 42.3 Å². The minimum absolute atomic E-state index is 0.395. The number of rotatable bonds is 2. The van der Waals surface area contributed by atoms with Crippen molar-refractivity contribution in [3.05, 3.63) is 11.8 Å². The van der Waals surface area contributed by atoms with Crippen LogP contribution in [0.5, 0.6) is 0 Å². The maximum Gasteiger partial charge on any atom is 0.224 e. The van der Waals surface area contributed by atoms with Crippen LogP contribution in [0.2, 0.25) is 0 Å². The fraction of sp³-hybridized carbons (Fsp3) is 0.692. The minimum Gasteiger partial charge on any atom is -0.374 e. The van der Waals surface area contributed by atoms with Crippen LogP contribution in [0.4, 0.5) is 11.8 Å². The highest BCUT2D eigenvalue weighted by molar-refractivity contribution is 5.50. The summed E-state index contributed by atoms with van der Waals surface area (Å²) in [6.07, 6.45) is 5.95. The molecule has 18 heavy (non-hydrogen) atoms. The minimum atomic E-state index is 0.395. The molecule has 1 aliphatic heterocycles. The SMILES string of the molecule is CNc1ncc(C)c(N2CCOC3CCCC32)n1. The standard InChI is InChI=1S/C13H20N4O/c1-9-8-15-13(14-2)16-12(9)17-6-7-18-11-5-3-4-10(11)17/h8,10-11H,3-7H2,1-2H3,(H,14,15,16). The lowest BCUT2D eigenvalue weighted by molar-refractivity contribution is 0.0253. The Bertz CT molecular complexity index is 437. The summed E-state index contributed by atoms with van der Waals surface area (Å²) >= 11 is 0. The topological polar surface area (TPSA) is 50.3 Å². The van der Waals surface area contributed by atoms with E-state index in [-0.39, 0.29) is 0 Å². The Kier molecular flexibility index (Phi) is 3.07. The third-order valence-electron chi connectivity index (χ3n) is 3.92. The van der Waals surface area contributed by atoms with Gasteiger partial charge in [-0.1, -0.05) is 0 Å². The monoisotopic (exact) mass is 248 g/mol. The Morgan fingerprint density at radius 1 is 1.44 bits per heavy atom. The molecule has 0 spiro atoms. The predicted molar refractivity (Wildman–Crippen MR) is 71.0 cm³/mol. The second kappa shape index (κ2) is 4.72. The Morgan fingerprint density at radius 3 is 3.17 bits per heavy atom. The lowest BCUT2D eigenvalue weighted by Crippen LogP contribution is -2.49. The third kappa shape index (κ3) is 1.92. The zero-order valence-corrected chi connectivity index (χ0v) is 11.0. The number of nitrogens with zero attached hydrogens (tertiary/aromatic N) is 3. The van der Waals surface area contributed by atoms with Crippen molar-refractivity contribution in [2.45, 2.75) is 38.3 Å². The van der Waals surface area contributed by atoms with Gasteiger partial charge >= 0.3 is 0 Å². The lowest BCUT2D eigenvalue weighted by atomic mass is 10.1. The van der Waals surface area contributed by atoms with Crippen molar-refractivity contribution >= 4 is 11.8 Å². The average molecular weight is 248 g/mol. The summed E-state index contributed by atoms with van der Waals surface area (Å²) in [6, 6.07) is 0.497. The maximum absolute atomic E-state index is 5.85. The summed E-state index contributed by atoms with van der Waals surface area (Å²) in [4.78, 5) is 11.3. The first-order valence-electron chi connectivity index (χ1n) is 6.69. The van der Waals surface area contributed by atoms with Crippen LogP contribution in [-0.2, 0) is 4.74 Å². The molecule has 1 aliphatic carbocycles. The third-order valence-corrected chi connectivity index (χ3v) is 3.92. The van der Waals surface area contributed by atoms with Crippen LogP contribution in [0, 0.1) is 6.92 Å². The van der Waals surface area contributed by atoms with Gasteiger partial charge in [0.2, 0.25) is 5.95 Å². The van der Waals surface area contributed by atoms with Gasteiger partial charge in [-0.3, -0.25) is 0 Å². The number of fused-ring (bicyclic) bond motifs is 1. The molecule has 0 amide bonds. The van der Waals surface area contributed by atoms with E-state index in [0.717, 1.165) is 24.5 Å². The van der Waals surface area contributed by atoms with Crippen molar-refractivity contribution in [1.29, 1.82) is 0 Å². The van der Waals surface area contributed by atoms with Crippen LogP contribution >= 0.6 is 0 Å². The van der Waals surface area contributed by atoms with Crippen molar-refractivity contribution in [2.75, 3.05) is 30.4 Å². The molecule has 2 aliphatic rings. The fourth-order valence-corrected chi connectivity index (χ4v) is 3.03. The molecular weight excluding hydrogens is 228 g/mol. The largest absolute Gasteiger partial charge is 0.374 e. The predicted octanol–water partition coefficient (Wildman–Crippen LogP) is 1.58. The van der Waals surface area contributed by atoms with Gasteiger partial charge in [0.05, 0.1) is 18.8 Å². The van der Waals surface area contributed by atoms with Crippen LogP contribution in [0.25, 0.3) is 0 Å². The summed E-state index contributed by atoms with van der Waals surface area (Å²) in [7, 11) is 1.85. The van der Waals surface area contributed by atoms with E-state index >= 15 is 0 Å². The maximum atomic E-state index is 5.85. The van der Waals surface area contributed by atoms with Crippen molar-refractivity contribution in [2.24, 2.45) is 0 Å². The van der Waals surface area contributed by atoms with E-state index in [4.69, 9.17) is 4.74 Å². The van der Waals surface area contributed by atoms with Gasteiger partial charge in [0.15, 0.2) is 0 Å². The summed E-state index contributed by atoms with van der Waals surface area (Å²) in [5.41, 5.74) is 1.14. The highest BCUT2D eigenvalue weighted by Crippen LogP contribution is 2.33. The zero-order chi connectivity index (χ0) is 12.5. The molecular formula is C13H20N4O. The van der Waals surface area contributed by atoms with Gasteiger partial charge in [0, 0.05) is 25.4 Å². The van der Waals surface area contributed by atoms with Gasteiger partial charge in [0.1, 0.15) is 5.82 Å². The van der Waals surface area contributed by atoms with E-state index in [2.05, 4.69) is 27.1 Å². The number of hydrogen-bond donors (Lipinski definition) is 1. The first-order valence-corrected chi connectivity index (χ1v) is 6.69. The Morgan fingerprint density at radius 2 is 2.33 bits per heavy atom. The molecule has 2 unspecified atom stereocenters. The second-order valence-electron chi connectivity index (χ2n) is 5.05. The molecule has 2 atom stereocenters. The van der Waals surface area contributed by atoms with Crippen LogP contribution in [0.3, 0.4) is 0 Å². The van der Waals surface area contributed by atoms with Crippen LogP contribution in [0.1, 0.15) is 24.8 Å². The highest BCUT2D eigenvalue weighted by Gasteiger charge is 2.37. The van der Waals surface area contributed by atoms with Crippen molar-refractivity contribution in [3.63, 3.8) is 0 Å². The molecule has 1 saturated heterocycles. The quantitative estimate of drug-likeness (QED) is 0.861. The summed E-state index contributed by atoms with van der Waals surface area (Å²) in [6.45, 7) is 3.82. The van der Waals surface area contributed by atoms with Crippen molar-refractivity contribution < 1.29 is 4.74 Å².